The highest BCUT2D eigenvalue weighted by Gasteiger charge is 2.21. The molecule has 0 atom stereocenters. The molecule has 0 amide bonds. The van der Waals surface area contributed by atoms with Gasteiger partial charge in [0.25, 0.3) is 0 Å². The van der Waals surface area contributed by atoms with Crippen LogP contribution in [0.1, 0.15) is 0 Å². The van der Waals surface area contributed by atoms with Gasteiger partial charge in [0, 0.05) is 62.7 Å². The maximum Gasteiger partial charge on any atom is 0.247 e. The van der Waals surface area contributed by atoms with Gasteiger partial charge in [-0.25, -0.2) is 19.9 Å². The minimum absolute atomic E-state index is 0.514. The number of aromatic nitrogens is 4. The zero-order valence-corrected chi connectivity index (χ0v) is 33.5. The summed E-state index contributed by atoms with van der Waals surface area (Å²) in [7, 11) is 0. The molecule has 0 aliphatic rings. The molecule has 0 aliphatic heterocycles. The fourth-order valence-corrected chi connectivity index (χ4v) is 8.26. The van der Waals surface area contributed by atoms with Crippen LogP contribution in [0, 0.1) is 0 Å². The predicted molar refractivity (Wildman–Crippen MR) is 250 cm³/mol. The first-order valence-corrected chi connectivity index (χ1v) is 20.6. The van der Waals surface area contributed by atoms with E-state index in [0.29, 0.717) is 23.2 Å². The van der Waals surface area contributed by atoms with E-state index in [0.717, 1.165) is 89.4 Å². The van der Waals surface area contributed by atoms with Gasteiger partial charge in [0.05, 0.1) is 5.69 Å². The summed E-state index contributed by atoms with van der Waals surface area (Å²) < 4.78 is 18.5. The van der Waals surface area contributed by atoms with Crippen molar-refractivity contribution < 1.29 is 13.3 Å². The average Bonchev–Trinajstić information content (AvgIpc) is 4.09. The van der Waals surface area contributed by atoms with E-state index in [-0.39, 0.29) is 0 Å². The zero-order valence-electron chi connectivity index (χ0n) is 33.5. The number of furan rings is 1. The van der Waals surface area contributed by atoms with Gasteiger partial charge in [-0.05, 0) is 132 Å². The van der Waals surface area contributed by atoms with Gasteiger partial charge >= 0.3 is 0 Å². The van der Waals surface area contributed by atoms with Gasteiger partial charge in [-0.3, -0.25) is 0 Å². The first kappa shape index (κ1) is 36.1. The monoisotopic (exact) mass is 814 g/mol. The molecule has 298 valence electrons. The molecule has 0 saturated carbocycles. The Bertz CT molecular complexity index is 3500. The highest BCUT2D eigenvalue weighted by atomic mass is 16.4. The number of hydrogen-bond donors (Lipinski definition) is 0. The maximum atomic E-state index is 6.57. The molecule has 5 heterocycles. The minimum atomic E-state index is 0.514. The Hall–Kier alpha value is -8.82. The molecule has 5 aromatic heterocycles. The van der Waals surface area contributed by atoms with Crippen LogP contribution in [0.15, 0.2) is 220 Å². The Morgan fingerprint density at radius 3 is 1.33 bits per heavy atom. The Balaban J connectivity index is 0.878. The summed E-state index contributed by atoms with van der Waals surface area (Å²) in [5.74, 6) is 1.06. The van der Waals surface area contributed by atoms with Crippen LogP contribution < -0.4 is 9.80 Å². The van der Waals surface area contributed by atoms with Gasteiger partial charge in [-0.1, -0.05) is 72.8 Å². The van der Waals surface area contributed by atoms with Crippen molar-refractivity contribution in [3.8, 4) is 34.0 Å². The third-order valence-electron chi connectivity index (χ3n) is 11.3. The first-order chi connectivity index (χ1) is 31.2. The Kier molecular flexibility index (Phi) is 8.60. The predicted octanol–water partition coefficient (Wildman–Crippen LogP) is 14.6. The lowest BCUT2D eigenvalue weighted by Gasteiger charge is -2.26. The van der Waals surface area contributed by atoms with E-state index in [1.165, 1.54) is 0 Å². The molecule has 0 unspecified atom stereocenters. The smallest absolute Gasteiger partial charge is 0.247 e. The van der Waals surface area contributed by atoms with E-state index in [4.69, 9.17) is 13.3 Å². The summed E-state index contributed by atoms with van der Waals surface area (Å²) in [6.07, 6.45) is 3.42. The van der Waals surface area contributed by atoms with Crippen molar-refractivity contribution in [1.29, 1.82) is 0 Å². The largest absolute Gasteiger partial charge is 0.454 e. The summed E-state index contributed by atoms with van der Waals surface area (Å²) in [6.45, 7) is 0. The molecule has 0 fully saturated rings. The van der Waals surface area contributed by atoms with Crippen LogP contribution >= 0.6 is 0 Å². The molecule has 7 aromatic carbocycles. The van der Waals surface area contributed by atoms with Crippen LogP contribution in [0.3, 0.4) is 0 Å². The lowest BCUT2D eigenvalue weighted by atomic mass is 10.0. The number of rotatable bonds is 9. The summed E-state index contributed by atoms with van der Waals surface area (Å²) in [5.41, 5.74) is 14.0. The standard InChI is InChI=1S/C54H34N6O3/c1-2-9-39(10-3-1)59(41-29-21-37(22-30-41)51-57-46-13-7-33-55-53(46)62-51)40-25-17-35(18-26-40)36-19-27-42(28-20-36)60(48-15-6-12-45-44-11-4-5-16-49(44)61-50(45)48)43-31-23-38(24-32-43)52-58-47-14-8-34-56-54(47)63-52/h1-34H. The Morgan fingerprint density at radius 2 is 0.794 bits per heavy atom. The highest BCUT2D eigenvalue weighted by molar-refractivity contribution is 6.10. The van der Waals surface area contributed by atoms with Crippen LogP contribution in [0.4, 0.5) is 34.1 Å². The van der Waals surface area contributed by atoms with Gasteiger partial charge in [0.1, 0.15) is 16.6 Å². The number of fused-ring (bicyclic) bond motifs is 5. The lowest BCUT2D eigenvalue weighted by Crippen LogP contribution is -2.10. The number of pyridine rings is 2. The van der Waals surface area contributed by atoms with Gasteiger partial charge in [0.15, 0.2) is 5.58 Å². The fraction of sp³-hybridized carbons (Fsp3) is 0. The van der Waals surface area contributed by atoms with Crippen LogP contribution in [-0.2, 0) is 0 Å². The van der Waals surface area contributed by atoms with Crippen molar-refractivity contribution in [2.75, 3.05) is 9.80 Å². The van der Waals surface area contributed by atoms with E-state index in [9.17, 15) is 0 Å². The number of oxazole rings is 2. The van der Waals surface area contributed by atoms with Crippen molar-refractivity contribution in [3.63, 3.8) is 0 Å². The number of anilines is 6. The van der Waals surface area contributed by atoms with Gasteiger partial charge in [-0.2, -0.15) is 0 Å². The number of hydrogen-bond acceptors (Lipinski definition) is 9. The van der Waals surface area contributed by atoms with E-state index in [1.807, 2.05) is 72.8 Å². The normalized spacial score (nSPS) is 11.5. The fourth-order valence-electron chi connectivity index (χ4n) is 8.26. The Morgan fingerprint density at radius 1 is 0.333 bits per heavy atom. The topological polar surface area (TPSA) is 97.5 Å². The highest BCUT2D eigenvalue weighted by Crippen LogP contribution is 2.43. The van der Waals surface area contributed by atoms with Gasteiger partial charge in [-0.15, -0.1) is 0 Å². The summed E-state index contributed by atoms with van der Waals surface area (Å²) >= 11 is 0. The molecule has 12 aromatic rings. The van der Waals surface area contributed by atoms with Crippen molar-refractivity contribution in [1.82, 2.24) is 19.9 Å². The number of para-hydroxylation sites is 3. The number of benzene rings is 7. The molecule has 0 radical (unpaired) electrons. The minimum Gasteiger partial charge on any atom is -0.454 e. The second kappa shape index (κ2) is 15.0. The quantitative estimate of drug-likeness (QED) is 0.141. The van der Waals surface area contributed by atoms with Gasteiger partial charge < -0.3 is 23.1 Å². The van der Waals surface area contributed by atoms with Crippen LogP contribution in [-0.4, -0.2) is 19.9 Å². The van der Waals surface area contributed by atoms with Gasteiger partial charge in [0.2, 0.25) is 23.2 Å². The van der Waals surface area contributed by atoms with Crippen molar-refractivity contribution in [3.05, 3.63) is 207 Å². The molecule has 9 nitrogen and oxygen atoms in total. The third kappa shape index (κ3) is 6.52. The van der Waals surface area contributed by atoms with E-state index in [2.05, 4.69) is 151 Å². The van der Waals surface area contributed by atoms with Crippen molar-refractivity contribution in [2.24, 2.45) is 0 Å². The second-order valence-corrected chi connectivity index (χ2v) is 15.1. The van der Waals surface area contributed by atoms with Crippen LogP contribution in [0.25, 0.3) is 78.4 Å². The zero-order chi connectivity index (χ0) is 41.7. The first-order valence-electron chi connectivity index (χ1n) is 20.6. The molecule has 0 aliphatic carbocycles. The van der Waals surface area contributed by atoms with E-state index >= 15 is 0 Å². The van der Waals surface area contributed by atoms with Crippen LogP contribution in [0.2, 0.25) is 0 Å². The number of nitrogens with zero attached hydrogens (tertiary/aromatic N) is 6. The summed E-state index contributed by atoms with van der Waals surface area (Å²) in [5, 5.41) is 2.13. The maximum absolute atomic E-state index is 6.57. The van der Waals surface area contributed by atoms with Crippen LogP contribution in [0.5, 0.6) is 0 Å². The molecular formula is C54H34N6O3. The molecule has 0 spiro atoms. The summed E-state index contributed by atoms with van der Waals surface area (Å²) in [6, 6.07) is 66.2. The molecule has 0 N–H and O–H groups in total. The van der Waals surface area contributed by atoms with Crippen molar-refractivity contribution >= 4 is 78.5 Å². The van der Waals surface area contributed by atoms with E-state index < -0.39 is 0 Å². The molecule has 63 heavy (non-hydrogen) atoms. The SMILES string of the molecule is c1ccc(N(c2ccc(-c3ccc(N(c4ccc(-c5nc6cccnc6o5)cc4)c4cccc5c4oc4ccccc45)cc3)cc2)c2ccc(-c3nc4cccnc4o3)cc2)cc1. The molecule has 0 saturated heterocycles. The van der Waals surface area contributed by atoms with Crippen molar-refractivity contribution in [2.45, 2.75) is 0 Å². The second-order valence-electron chi connectivity index (χ2n) is 15.1. The molecule has 9 heteroatoms. The Labute approximate surface area is 360 Å². The molecular weight excluding hydrogens is 781 g/mol. The average molecular weight is 815 g/mol. The lowest BCUT2D eigenvalue weighted by molar-refractivity contribution is 0.607. The third-order valence-corrected chi connectivity index (χ3v) is 11.3. The molecule has 0 bridgehead atoms. The van der Waals surface area contributed by atoms with E-state index in [1.54, 1.807) is 12.4 Å². The molecule has 12 rings (SSSR count). The summed E-state index contributed by atoms with van der Waals surface area (Å²) in [4.78, 5) is 22.4.